The lowest BCUT2D eigenvalue weighted by Gasteiger charge is -2.36. The fraction of sp³-hybridized carbons (Fsp3) is 0.368. The molecule has 0 atom stereocenters. The number of benzene rings is 1. The summed E-state index contributed by atoms with van der Waals surface area (Å²) in [6, 6.07) is 10.9. The van der Waals surface area contributed by atoms with Crippen LogP contribution in [0.2, 0.25) is 0 Å². The van der Waals surface area contributed by atoms with E-state index in [4.69, 9.17) is 0 Å². The van der Waals surface area contributed by atoms with E-state index < -0.39 is 0 Å². The number of aromatic nitrogens is 2. The van der Waals surface area contributed by atoms with Crippen LogP contribution in [0.3, 0.4) is 0 Å². The van der Waals surface area contributed by atoms with Gasteiger partial charge < -0.3 is 9.80 Å². The molecule has 7 heteroatoms. The molecule has 2 aliphatic heterocycles. The number of nitrogens with zero attached hydrogens (tertiary/aromatic N) is 5. The lowest BCUT2D eigenvalue weighted by molar-refractivity contribution is -0.116. The zero-order chi connectivity index (χ0) is 18.1. The van der Waals surface area contributed by atoms with Crippen LogP contribution in [-0.4, -0.2) is 52.5 Å². The van der Waals surface area contributed by atoms with Crippen LogP contribution in [-0.2, 0) is 4.79 Å². The van der Waals surface area contributed by atoms with Crippen LogP contribution in [0.4, 0.5) is 16.3 Å². The van der Waals surface area contributed by atoms with Crippen molar-refractivity contribution < 1.29 is 9.59 Å². The van der Waals surface area contributed by atoms with Crippen molar-refractivity contribution in [3.63, 3.8) is 0 Å². The summed E-state index contributed by atoms with van der Waals surface area (Å²) in [5.74, 6) is 1.52. The van der Waals surface area contributed by atoms with Gasteiger partial charge in [-0.2, -0.15) is 0 Å². The fourth-order valence-corrected chi connectivity index (χ4v) is 3.66. The number of carbonyl (C=O) groups is 2. The van der Waals surface area contributed by atoms with Crippen LogP contribution in [0.25, 0.3) is 0 Å². The Hall–Kier alpha value is -2.96. The number of piperidine rings is 1. The number of imide groups is 1. The predicted octanol–water partition coefficient (Wildman–Crippen LogP) is 2.22. The number of urea groups is 1. The van der Waals surface area contributed by atoms with Gasteiger partial charge in [0.2, 0.25) is 0 Å². The van der Waals surface area contributed by atoms with E-state index in [1.165, 1.54) is 4.90 Å². The number of carbonyl (C=O) groups excluding carboxylic acids is 2. The summed E-state index contributed by atoms with van der Waals surface area (Å²) in [7, 11) is 0. The van der Waals surface area contributed by atoms with Gasteiger partial charge in [-0.3, -0.25) is 4.79 Å². The molecule has 1 aromatic carbocycles. The van der Waals surface area contributed by atoms with E-state index in [9.17, 15) is 9.59 Å². The first-order valence-corrected chi connectivity index (χ1v) is 8.86. The van der Waals surface area contributed by atoms with Crippen LogP contribution in [0, 0.1) is 6.92 Å². The first-order chi connectivity index (χ1) is 12.6. The van der Waals surface area contributed by atoms with E-state index in [1.54, 1.807) is 23.2 Å². The highest BCUT2D eigenvalue weighted by Crippen LogP contribution is 2.27. The number of para-hydroxylation sites is 1. The normalized spacial score (nSPS) is 18.7. The minimum absolute atomic E-state index is 0.0827. The van der Waals surface area contributed by atoms with Crippen molar-refractivity contribution in [2.24, 2.45) is 0 Å². The van der Waals surface area contributed by atoms with Crippen molar-refractivity contribution in [2.45, 2.75) is 25.8 Å². The Morgan fingerprint density at radius 2 is 1.77 bits per heavy atom. The maximum Gasteiger partial charge on any atom is 0.332 e. The zero-order valence-electron chi connectivity index (χ0n) is 14.7. The molecule has 2 aromatic rings. The van der Waals surface area contributed by atoms with Crippen molar-refractivity contribution in [3.05, 3.63) is 48.4 Å². The first-order valence-electron chi connectivity index (χ1n) is 8.86. The van der Waals surface area contributed by atoms with Gasteiger partial charge in [0.05, 0.1) is 5.69 Å². The molecule has 26 heavy (non-hydrogen) atoms. The third kappa shape index (κ3) is 3.00. The Bertz CT molecular complexity index is 818. The standard InChI is InChI=1S/C19H21N5O2/c1-14-20-10-7-17(21-14)22-11-8-15(9-12-22)23-13-18(25)24(19(23)26)16-5-3-2-4-6-16/h2-7,10,15H,8-9,11-13H2,1H3. The molecule has 0 radical (unpaired) electrons. The van der Waals surface area contributed by atoms with Gasteiger partial charge >= 0.3 is 6.03 Å². The van der Waals surface area contributed by atoms with Crippen molar-refractivity contribution in [1.82, 2.24) is 14.9 Å². The molecular formula is C19H21N5O2. The molecular weight excluding hydrogens is 330 g/mol. The lowest BCUT2D eigenvalue weighted by atomic mass is 10.0. The van der Waals surface area contributed by atoms with E-state index in [1.807, 2.05) is 31.2 Å². The molecule has 0 N–H and O–H groups in total. The second-order valence-electron chi connectivity index (χ2n) is 6.66. The maximum absolute atomic E-state index is 12.8. The number of hydrogen-bond acceptors (Lipinski definition) is 5. The van der Waals surface area contributed by atoms with Crippen LogP contribution >= 0.6 is 0 Å². The monoisotopic (exact) mass is 351 g/mol. The average Bonchev–Trinajstić information content (AvgIpc) is 2.97. The molecule has 2 aliphatic rings. The zero-order valence-corrected chi connectivity index (χ0v) is 14.7. The second kappa shape index (κ2) is 6.74. The van der Waals surface area contributed by atoms with E-state index in [2.05, 4.69) is 14.9 Å². The van der Waals surface area contributed by atoms with Crippen molar-refractivity contribution >= 4 is 23.4 Å². The van der Waals surface area contributed by atoms with Crippen LogP contribution in [0.1, 0.15) is 18.7 Å². The molecule has 0 aliphatic carbocycles. The average molecular weight is 351 g/mol. The molecule has 134 valence electrons. The quantitative estimate of drug-likeness (QED) is 0.793. The molecule has 2 fully saturated rings. The SMILES string of the molecule is Cc1nccc(N2CCC(N3CC(=O)N(c4ccccc4)C3=O)CC2)n1. The molecule has 0 unspecified atom stereocenters. The Morgan fingerprint density at radius 1 is 1.04 bits per heavy atom. The third-order valence-electron chi connectivity index (χ3n) is 5.00. The highest BCUT2D eigenvalue weighted by atomic mass is 16.2. The Labute approximate surface area is 152 Å². The number of hydrogen-bond donors (Lipinski definition) is 0. The van der Waals surface area contributed by atoms with Crippen molar-refractivity contribution in [1.29, 1.82) is 0 Å². The summed E-state index contributed by atoms with van der Waals surface area (Å²) in [6.45, 7) is 3.66. The number of amides is 3. The molecule has 2 saturated heterocycles. The Kier molecular flexibility index (Phi) is 4.28. The summed E-state index contributed by atoms with van der Waals surface area (Å²) in [5.41, 5.74) is 0.638. The minimum Gasteiger partial charge on any atom is -0.356 e. The van der Waals surface area contributed by atoms with E-state index >= 15 is 0 Å². The summed E-state index contributed by atoms with van der Waals surface area (Å²) in [6.07, 6.45) is 3.42. The maximum atomic E-state index is 12.8. The summed E-state index contributed by atoms with van der Waals surface area (Å²) < 4.78 is 0. The van der Waals surface area contributed by atoms with Gasteiger partial charge in [0, 0.05) is 25.3 Å². The van der Waals surface area contributed by atoms with Gasteiger partial charge in [0.15, 0.2) is 0 Å². The van der Waals surface area contributed by atoms with Crippen molar-refractivity contribution in [2.75, 3.05) is 29.4 Å². The number of anilines is 2. The Balaban J connectivity index is 1.43. The molecule has 3 amide bonds. The van der Waals surface area contributed by atoms with E-state index in [-0.39, 0.29) is 24.5 Å². The number of rotatable bonds is 3. The van der Waals surface area contributed by atoms with Crippen LogP contribution < -0.4 is 9.80 Å². The number of aryl methyl sites for hydroxylation is 1. The van der Waals surface area contributed by atoms with E-state index in [0.29, 0.717) is 5.69 Å². The smallest absolute Gasteiger partial charge is 0.332 e. The van der Waals surface area contributed by atoms with Gasteiger partial charge in [-0.1, -0.05) is 18.2 Å². The van der Waals surface area contributed by atoms with Gasteiger partial charge in [0.1, 0.15) is 18.2 Å². The van der Waals surface area contributed by atoms with Gasteiger partial charge in [-0.05, 0) is 38.0 Å². The van der Waals surface area contributed by atoms with Crippen LogP contribution in [0.5, 0.6) is 0 Å². The molecule has 4 rings (SSSR count). The Morgan fingerprint density at radius 3 is 2.46 bits per heavy atom. The van der Waals surface area contributed by atoms with Gasteiger partial charge in [0.25, 0.3) is 5.91 Å². The lowest BCUT2D eigenvalue weighted by Crippen LogP contribution is -2.46. The minimum atomic E-state index is -0.211. The topological polar surface area (TPSA) is 69.6 Å². The molecule has 1 aromatic heterocycles. The summed E-state index contributed by atoms with van der Waals surface area (Å²) in [4.78, 5) is 39.0. The van der Waals surface area contributed by atoms with Gasteiger partial charge in [-0.25, -0.2) is 19.7 Å². The molecule has 0 spiro atoms. The predicted molar refractivity (Wildman–Crippen MR) is 98.0 cm³/mol. The first kappa shape index (κ1) is 16.5. The summed E-state index contributed by atoms with van der Waals surface area (Å²) in [5, 5.41) is 0. The largest absolute Gasteiger partial charge is 0.356 e. The third-order valence-corrected chi connectivity index (χ3v) is 5.00. The molecule has 3 heterocycles. The molecule has 7 nitrogen and oxygen atoms in total. The fourth-order valence-electron chi connectivity index (χ4n) is 3.66. The van der Waals surface area contributed by atoms with Crippen LogP contribution in [0.15, 0.2) is 42.6 Å². The second-order valence-corrected chi connectivity index (χ2v) is 6.66. The van der Waals surface area contributed by atoms with Crippen molar-refractivity contribution in [3.8, 4) is 0 Å². The van der Waals surface area contributed by atoms with Gasteiger partial charge in [-0.15, -0.1) is 0 Å². The summed E-state index contributed by atoms with van der Waals surface area (Å²) >= 11 is 0. The highest BCUT2D eigenvalue weighted by molar-refractivity contribution is 6.19. The molecule has 0 bridgehead atoms. The molecule has 0 saturated carbocycles. The van der Waals surface area contributed by atoms with E-state index in [0.717, 1.165) is 37.6 Å². The highest BCUT2D eigenvalue weighted by Gasteiger charge is 2.41.